The van der Waals surface area contributed by atoms with Crippen molar-refractivity contribution in [1.82, 2.24) is 20.4 Å². The van der Waals surface area contributed by atoms with Crippen LogP contribution >= 0.6 is 11.3 Å². The monoisotopic (exact) mass is 271 g/mol. The first kappa shape index (κ1) is 12.2. The number of hydrogen-bond donors (Lipinski definition) is 3. The van der Waals surface area contributed by atoms with E-state index >= 15 is 0 Å². The zero-order chi connectivity index (χ0) is 13.1. The summed E-state index contributed by atoms with van der Waals surface area (Å²) in [5.41, 5.74) is 1.42. The Kier molecular flexibility index (Phi) is 3.37. The number of aromatic nitrogens is 2. The molecule has 1 aromatic heterocycles. The minimum absolute atomic E-state index is 0.113. The fourth-order valence-electron chi connectivity index (χ4n) is 1.47. The first-order valence-corrected chi connectivity index (χ1v) is 5.79. The number of hydrogen-bond acceptors (Lipinski definition) is 6. The second-order valence-electron chi connectivity index (χ2n) is 3.46. The lowest BCUT2D eigenvalue weighted by Crippen LogP contribution is -2.60. The van der Waals surface area contributed by atoms with Crippen LogP contribution in [0.5, 0.6) is 0 Å². The topological polar surface area (TPSA) is 125 Å². The van der Waals surface area contributed by atoms with Gasteiger partial charge in [-0.15, -0.1) is 10.2 Å². The standard InChI is InChI=1S/C8H9N5O4S/c14-5-2-13(4(1-9-5)6(15)16)8(17)11-7-12-10-3-18-7/h3-4H,1-2H2,(H,9,14)(H,15,16)(H,11,12,17). The van der Waals surface area contributed by atoms with E-state index in [0.29, 0.717) is 0 Å². The Bertz CT molecular complexity index is 476. The third kappa shape index (κ3) is 2.53. The average molecular weight is 271 g/mol. The van der Waals surface area contributed by atoms with E-state index in [1.54, 1.807) is 0 Å². The number of urea groups is 1. The normalized spacial score (nSPS) is 19.2. The van der Waals surface area contributed by atoms with Gasteiger partial charge in [0.25, 0.3) is 0 Å². The summed E-state index contributed by atoms with van der Waals surface area (Å²) in [6.45, 7) is -0.417. The van der Waals surface area contributed by atoms with Gasteiger partial charge >= 0.3 is 12.0 Å². The van der Waals surface area contributed by atoms with Gasteiger partial charge in [0.2, 0.25) is 11.0 Å². The van der Waals surface area contributed by atoms with Crippen molar-refractivity contribution >= 4 is 34.4 Å². The van der Waals surface area contributed by atoms with Crippen molar-refractivity contribution in [1.29, 1.82) is 0 Å². The van der Waals surface area contributed by atoms with Gasteiger partial charge in [0.05, 0.1) is 0 Å². The molecule has 1 unspecified atom stereocenters. The highest BCUT2D eigenvalue weighted by Gasteiger charge is 2.35. The molecule has 0 saturated carbocycles. The summed E-state index contributed by atoms with van der Waals surface area (Å²) < 4.78 is 0. The second-order valence-corrected chi connectivity index (χ2v) is 4.29. The first-order valence-electron chi connectivity index (χ1n) is 4.91. The van der Waals surface area contributed by atoms with Crippen LogP contribution < -0.4 is 10.6 Å². The van der Waals surface area contributed by atoms with Crippen molar-refractivity contribution < 1.29 is 19.5 Å². The van der Waals surface area contributed by atoms with Gasteiger partial charge in [0.1, 0.15) is 18.1 Å². The fourth-order valence-corrected chi connectivity index (χ4v) is 1.90. The minimum atomic E-state index is -1.18. The first-order chi connectivity index (χ1) is 8.58. The third-order valence-electron chi connectivity index (χ3n) is 2.30. The van der Waals surface area contributed by atoms with Crippen LogP contribution in [0.25, 0.3) is 0 Å². The van der Waals surface area contributed by atoms with Crippen LogP contribution in [-0.4, -0.2) is 57.2 Å². The molecule has 0 radical (unpaired) electrons. The van der Waals surface area contributed by atoms with Crippen LogP contribution in [0.15, 0.2) is 5.51 Å². The molecule has 3 N–H and O–H groups in total. The number of carboxylic acid groups (broad SMARTS) is 1. The molecular formula is C8H9N5O4S. The van der Waals surface area contributed by atoms with Gasteiger partial charge in [-0.3, -0.25) is 15.0 Å². The van der Waals surface area contributed by atoms with E-state index in [2.05, 4.69) is 20.8 Å². The Labute approximate surface area is 105 Å². The van der Waals surface area contributed by atoms with Crippen molar-refractivity contribution in [2.45, 2.75) is 6.04 Å². The molecule has 2 rings (SSSR count). The Balaban J connectivity index is 2.09. The van der Waals surface area contributed by atoms with Crippen LogP contribution in [-0.2, 0) is 9.59 Å². The van der Waals surface area contributed by atoms with E-state index in [0.717, 1.165) is 16.2 Å². The predicted molar refractivity (Wildman–Crippen MR) is 60.1 cm³/mol. The maximum atomic E-state index is 11.8. The quantitative estimate of drug-likeness (QED) is 0.630. The summed E-state index contributed by atoms with van der Waals surface area (Å²) in [4.78, 5) is 35.0. The zero-order valence-electron chi connectivity index (χ0n) is 8.99. The van der Waals surface area contributed by atoms with Gasteiger partial charge < -0.3 is 10.4 Å². The van der Waals surface area contributed by atoms with E-state index in [1.807, 2.05) is 0 Å². The molecule has 0 aliphatic carbocycles. The molecule has 1 fully saturated rings. The molecule has 10 heteroatoms. The number of nitrogens with one attached hydrogen (secondary N) is 2. The van der Waals surface area contributed by atoms with E-state index in [-0.39, 0.29) is 18.2 Å². The summed E-state index contributed by atoms with van der Waals surface area (Å²) in [5.74, 6) is -1.58. The highest BCUT2D eigenvalue weighted by Crippen LogP contribution is 2.12. The molecule has 1 saturated heterocycles. The van der Waals surface area contributed by atoms with Crippen molar-refractivity contribution in [2.75, 3.05) is 18.4 Å². The number of amides is 3. The average Bonchev–Trinajstić information content (AvgIpc) is 2.81. The number of rotatable bonds is 2. The van der Waals surface area contributed by atoms with Crippen LogP contribution in [0, 0.1) is 0 Å². The molecule has 1 aromatic rings. The Morgan fingerprint density at radius 1 is 1.61 bits per heavy atom. The maximum Gasteiger partial charge on any atom is 0.328 e. The fraction of sp³-hybridized carbons (Fsp3) is 0.375. The van der Waals surface area contributed by atoms with Gasteiger partial charge in [-0.25, -0.2) is 9.59 Å². The molecule has 9 nitrogen and oxygen atoms in total. The molecule has 96 valence electrons. The van der Waals surface area contributed by atoms with Crippen molar-refractivity contribution in [2.24, 2.45) is 0 Å². The number of aliphatic carboxylic acids is 1. The van der Waals surface area contributed by atoms with Crippen LogP contribution in [0.4, 0.5) is 9.93 Å². The second kappa shape index (κ2) is 4.96. The highest BCUT2D eigenvalue weighted by molar-refractivity contribution is 7.13. The number of carbonyl (C=O) groups excluding carboxylic acids is 2. The van der Waals surface area contributed by atoms with E-state index in [4.69, 9.17) is 5.11 Å². The molecule has 1 atom stereocenters. The summed E-state index contributed by atoms with van der Waals surface area (Å²) in [7, 11) is 0. The predicted octanol–water partition coefficient (Wildman–Crippen LogP) is -1.04. The van der Waals surface area contributed by atoms with Crippen LogP contribution in [0.2, 0.25) is 0 Å². The summed E-state index contributed by atoms with van der Waals surface area (Å²) in [6.07, 6.45) is 0. The molecule has 0 aromatic carbocycles. The number of nitrogens with zero attached hydrogens (tertiary/aromatic N) is 3. The molecule has 2 heterocycles. The van der Waals surface area contributed by atoms with Crippen LogP contribution in [0.3, 0.4) is 0 Å². The number of piperazine rings is 1. The van der Waals surface area contributed by atoms with Gasteiger partial charge in [-0.05, 0) is 0 Å². The number of carboxylic acids is 1. The lowest BCUT2D eigenvalue weighted by molar-refractivity contribution is -0.144. The Morgan fingerprint density at radius 2 is 2.39 bits per heavy atom. The van der Waals surface area contributed by atoms with Gasteiger partial charge in [-0.2, -0.15) is 0 Å². The Morgan fingerprint density at radius 3 is 3.00 bits per heavy atom. The van der Waals surface area contributed by atoms with E-state index in [1.165, 1.54) is 5.51 Å². The molecule has 1 aliphatic heterocycles. The summed E-state index contributed by atoms with van der Waals surface area (Å²) in [6, 6.07) is -1.77. The Hall–Kier alpha value is -2.23. The summed E-state index contributed by atoms with van der Waals surface area (Å²) in [5, 5.41) is 21.1. The van der Waals surface area contributed by atoms with Crippen molar-refractivity contribution in [3.8, 4) is 0 Å². The number of anilines is 1. The molecule has 1 aliphatic rings. The lowest BCUT2D eigenvalue weighted by atomic mass is 10.2. The zero-order valence-corrected chi connectivity index (χ0v) is 9.81. The van der Waals surface area contributed by atoms with Gasteiger partial charge in [0.15, 0.2) is 0 Å². The van der Waals surface area contributed by atoms with Gasteiger partial charge in [0, 0.05) is 6.54 Å². The SMILES string of the molecule is O=C1CN(C(=O)Nc2nncs2)C(C(=O)O)CN1. The van der Waals surface area contributed by atoms with E-state index < -0.39 is 23.9 Å². The molecule has 0 bridgehead atoms. The molecule has 18 heavy (non-hydrogen) atoms. The van der Waals surface area contributed by atoms with Crippen molar-refractivity contribution in [3.05, 3.63) is 5.51 Å². The molecule has 3 amide bonds. The maximum absolute atomic E-state index is 11.8. The smallest absolute Gasteiger partial charge is 0.328 e. The molecule has 0 spiro atoms. The van der Waals surface area contributed by atoms with Gasteiger partial charge in [-0.1, -0.05) is 11.3 Å². The van der Waals surface area contributed by atoms with Crippen LogP contribution in [0.1, 0.15) is 0 Å². The van der Waals surface area contributed by atoms with E-state index in [9.17, 15) is 14.4 Å². The lowest BCUT2D eigenvalue weighted by Gasteiger charge is -2.32. The number of carbonyl (C=O) groups is 3. The third-order valence-corrected chi connectivity index (χ3v) is 2.91. The highest BCUT2D eigenvalue weighted by atomic mass is 32.1. The summed E-state index contributed by atoms with van der Waals surface area (Å²) >= 11 is 1.10. The largest absolute Gasteiger partial charge is 0.480 e. The minimum Gasteiger partial charge on any atom is -0.480 e. The van der Waals surface area contributed by atoms with Crippen molar-refractivity contribution in [3.63, 3.8) is 0 Å². The molecular weight excluding hydrogens is 262 g/mol.